The van der Waals surface area contributed by atoms with Crippen LogP contribution in [0.1, 0.15) is 46.3 Å². The van der Waals surface area contributed by atoms with Gasteiger partial charge in [0.05, 0.1) is 39.4 Å². The zero-order valence-electron chi connectivity index (χ0n) is 20.2. The molecule has 1 fully saturated rings. The SMILES string of the molecule is Cc1ccc(-c2cc(C(=O)N3CCN(Cc4ccc(C#N)cc4)CC3)c3cnn(C(C)C)c3n2)s1. The normalized spacial score (nSPS) is 14.5. The summed E-state index contributed by atoms with van der Waals surface area (Å²) in [4.78, 5) is 25.2. The second-order valence-corrected chi connectivity index (χ2v) is 10.6. The lowest BCUT2D eigenvalue weighted by molar-refractivity contribution is 0.0630. The number of carbonyl (C=O) groups is 1. The highest BCUT2D eigenvalue weighted by molar-refractivity contribution is 7.15. The van der Waals surface area contributed by atoms with Crippen LogP contribution < -0.4 is 0 Å². The number of aromatic nitrogens is 3. The fourth-order valence-electron chi connectivity index (χ4n) is 4.49. The summed E-state index contributed by atoms with van der Waals surface area (Å²) in [5.74, 6) is 0.0354. The summed E-state index contributed by atoms with van der Waals surface area (Å²) in [6.45, 7) is 10.00. The number of piperazine rings is 1. The van der Waals surface area contributed by atoms with E-state index in [1.807, 2.05) is 39.9 Å². The van der Waals surface area contributed by atoms with Crippen LogP contribution in [0.5, 0.6) is 0 Å². The summed E-state index contributed by atoms with van der Waals surface area (Å²) < 4.78 is 1.89. The van der Waals surface area contributed by atoms with Gasteiger partial charge in [0, 0.05) is 43.6 Å². The first-order valence-corrected chi connectivity index (χ1v) is 12.7. The van der Waals surface area contributed by atoms with Gasteiger partial charge in [-0.2, -0.15) is 10.4 Å². The molecule has 7 nitrogen and oxygen atoms in total. The maximum Gasteiger partial charge on any atom is 0.254 e. The van der Waals surface area contributed by atoms with Gasteiger partial charge in [0.2, 0.25) is 0 Å². The number of aryl methyl sites for hydroxylation is 1. The third kappa shape index (κ3) is 4.70. The van der Waals surface area contributed by atoms with Crippen molar-refractivity contribution in [3.05, 3.63) is 70.2 Å². The molecule has 1 aliphatic heterocycles. The van der Waals surface area contributed by atoms with Crippen molar-refractivity contribution in [3.8, 4) is 16.6 Å². The minimum atomic E-state index is 0.0354. The Balaban J connectivity index is 1.38. The van der Waals surface area contributed by atoms with Gasteiger partial charge in [-0.1, -0.05) is 12.1 Å². The molecule has 5 rings (SSSR count). The molecule has 0 spiro atoms. The van der Waals surface area contributed by atoms with E-state index in [0.717, 1.165) is 41.2 Å². The number of nitrogens with zero attached hydrogens (tertiary/aromatic N) is 6. The highest BCUT2D eigenvalue weighted by Crippen LogP contribution is 2.31. The van der Waals surface area contributed by atoms with E-state index in [4.69, 9.17) is 10.2 Å². The number of nitriles is 1. The number of rotatable bonds is 5. The lowest BCUT2D eigenvalue weighted by atomic mass is 10.1. The van der Waals surface area contributed by atoms with Crippen LogP contribution in [0.25, 0.3) is 21.6 Å². The molecule has 3 aromatic heterocycles. The number of hydrogen-bond acceptors (Lipinski definition) is 6. The fourth-order valence-corrected chi connectivity index (χ4v) is 5.32. The molecular weight excluding hydrogens is 456 g/mol. The van der Waals surface area contributed by atoms with Gasteiger partial charge in [-0.25, -0.2) is 9.67 Å². The molecule has 0 aliphatic carbocycles. The molecule has 1 aromatic carbocycles. The van der Waals surface area contributed by atoms with Crippen LogP contribution in [-0.4, -0.2) is 56.7 Å². The number of fused-ring (bicyclic) bond motifs is 1. The van der Waals surface area contributed by atoms with E-state index in [9.17, 15) is 4.79 Å². The summed E-state index contributed by atoms with van der Waals surface area (Å²) in [6, 6.07) is 16.1. The van der Waals surface area contributed by atoms with Crippen LogP contribution in [0.4, 0.5) is 0 Å². The summed E-state index contributed by atoms with van der Waals surface area (Å²) in [7, 11) is 0. The molecule has 0 radical (unpaired) electrons. The first kappa shape index (κ1) is 23.2. The van der Waals surface area contributed by atoms with Crippen molar-refractivity contribution in [1.29, 1.82) is 5.26 Å². The first-order valence-electron chi connectivity index (χ1n) is 11.9. The van der Waals surface area contributed by atoms with Gasteiger partial charge in [-0.05, 0) is 56.7 Å². The van der Waals surface area contributed by atoms with E-state index in [1.165, 1.54) is 10.4 Å². The van der Waals surface area contributed by atoms with Gasteiger partial charge in [0.1, 0.15) is 0 Å². The third-order valence-electron chi connectivity index (χ3n) is 6.43. The van der Waals surface area contributed by atoms with Gasteiger partial charge >= 0.3 is 0 Å². The number of hydrogen-bond donors (Lipinski definition) is 0. The molecule has 8 heteroatoms. The largest absolute Gasteiger partial charge is 0.336 e. The molecule has 0 atom stereocenters. The molecule has 4 heterocycles. The predicted octanol–water partition coefficient (Wildman–Crippen LogP) is 4.88. The van der Waals surface area contributed by atoms with Crippen molar-refractivity contribution in [3.63, 3.8) is 0 Å². The van der Waals surface area contributed by atoms with Crippen molar-refractivity contribution in [2.75, 3.05) is 26.2 Å². The molecule has 1 amide bonds. The number of thiophene rings is 1. The second kappa shape index (κ2) is 9.61. The smallest absolute Gasteiger partial charge is 0.254 e. The second-order valence-electron chi connectivity index (χ2n) is 9.26. The Morgan fingerprint density at radius 1 is 1.11 bits per heavy atom. The van der Waals surface area contributed by atoms with Gasteiger partial charge < -0.3 is 4.90 Å². The van der Waals surface area contributed by atoms with E-state index in [2.05, 4.69) is 49.0 Å². The summed E-state index contributed by atoms with van der Waals surface area (Å²) >= 11 is 1.68. The fraction of sp³-hybridized carbons (Fsp3) is 0.333. The van der Waals surface area contributed by atoms with Crippen LogP contribution in [0.2, 0.25) is 0 Å². The van der Waals surface area contributed by atoms with Gasteiger partial charge in [0.15, 0.2) is 5.65 Å². The Morgan fingerprint density at radius 3 is 2.49 bits per heavy atom. The zero-order valence-corrected chi connectivity index (χ0v) is 21.0. The Bertz CT molecular complexity index is 1400. The lowest BCUT2D eigenvalue weighted by Gasteiger charge is -2.35. The van der Waals surface area contributed by atoms with Gasteiger partial charge in [0.25, 0.3) is 5.91 Å². The number of carbonyl (C=O) groups excluding carboxylic acids is 1. The minimum Gasteiger partial charge on any atom is -0.336 e. The van der Waals surface area contributed by atoms with E-state index in [0.29, 0.717) is 24.2 Å². The van der Waals surface area contributed by atoms with Crippen LogP contribution in [0.15, 0.2) is 48.7 Å². The van der Waals surface area contributed by atoms with Crippen molar-refractivity contribution >= 4 is 28.3 Å². The molecule has 0 saturated carbocycles. The highest BCUT2D eigenvalue weighted by atomic mass is 32.1. The predicted molar refractivity (Wildman–Crippen MR) is 138 cm³/mol. The Morgan fingerprint density at radius 2 is 1.86 bits per heavy atom. The summed E-state index contributed by atoms with van der Waals surface area (Å²) in [5, 5.41) is 14.4. The number of amides is 1. The highest BCUT2D eigenvalue weighted by Gasteiger charge is 2.26. The standard InChI is InChI=1S/C27H28N6OS/c1-18(2)33-26-23(16-29-33)22(14-24(30-26)25-9-4-19(3)35-25)27(34)32-12-10-31(11-13-32)17-21-7-5-20(15-28)6-8-21/h4-9,14,16,18H,10-13,17H2,1-3H3. The Kier molecular flexibility index (Phi) is 6.37. The van der Waals surface area contributed by atoms with Crippen molar-refractivity contribution in [2.45, 2.75) is 33.4 Å². The van der Waals surface area contributed by atoms with Gasteiger partial charge in [-0.3, -0.25) is 9.69 Å². The molecule has 178 valence electrons. The van der Waals surface area contributed by atoms with Crippen LogP contribution in [-0.2, 0) is 6.54 Å². The molecule has 4 aromatic rings. The maximum absolute atomic E-state index is 13.7. The molecule has 1 saturated heterocycles. The van der Waals surface area contributed by atoms with E-state index in [1.54, 1.807) is 17.5 Å². The molecule has 0 N–H and O–H groups in total. The summed E-state index contributed by atoms with van der Waals surface area (Å²) in [6.07, 6.45) is 1.78. The Hall–Kier alpha value is -3.54. The van der Waals surface area contributed by atoms with Crippen LogP contribution in [0, 0.1) is 18.3 Å². The number of benzene rings is 1. The van der Waals surface area contributed by atoms with Crippen molar-refractivity contribution in [2.24, 2.45) is 0 Å². The third-order valence-corrected chi connectivity index (χ3v) is 7.45. The van der Waals surface area contributed by atoms with Gasteiger partial charge in [-0.15, -0.1) is 11.3 Å². The molecule has 0 unspecified atom stereocenters. The van der Waals surface area contributed by atoms with Crippen LogP contribution in [0.3, 0.4) is 0 Å². The van der Waals surface area contributed by atoms with Crippen molar-refractivity contribution < 1.29 is 4.79 Å². The maximum atomic E-state index is 13.7. The van der Waals surface area contributed by atoms with E-state index in [-0.39, 0.29) is 11.9 Å². The lowest BCUT2D eigenvalue weighted by Crippen LogP contribution is -2.48. The van der Waals surface area contributed by atoms with E-state index >= 15 is 0 Å². The Labute approximate surface area is 209 Å². The molecular formula is C27H28N6OS. The minimum absolute atomic E-state index is 0.0354. The van der Waals surface area contributed by atoms with E-state index < -0.39 is 0 Å². The first-order chi connectivity index (χ1) is 16.9. The summed E-state index contributed by atoms with van der Waals surface area (Å²) in [5.41, 5.74) is 4.10. The molecule has 1 aliphatic rings. The molecule has 35 heavy (non-hydrogen) atoms. The van der Waals surface area contributed by atoms with Crippen LogP contribution >= 0.6 is 11.3 Å². The average molecular weight is 485 g/mol. The quantitative estimate of drug-likeness (QED) is 0.403. The topological polar surface area (TPSA) is 78.0 Å². The monoisotopic (exact) mass is 484 g/mol. The van der Waals surface area contributed by atoms with Crippen molar-refractivity contribution in [1.82, 2.24) is 24.6 Å². The average Bonchev–Trinajstić information content (AvgIpc) is 3.50. The molecule has 0 bridgehead atoms. The number of pyridine rings is 1. The zero-order chi connectivity index (χ0) is 24.5.